The van der Waals surface area contributed by atoms with E-state index in [0.717, 1.165) is 5.92 Å². The first kappa shape index (κ1) is 6.66. The highest BCUT2D eigenvalue weighted by molar-refractivity contribution is 4.95. The third-order valence-corrected chi connectivity index (χ3v) is 1.79. The minimum Gasteiger partial charge on any atom is -0.391 e. The van der Waals surface area contributed by atoms with Gasteiger partial charge in [-0.25, -0.2) is 0 Å². The van der Waals surface area contributed by atoms with Gasteiger partial charge in [0.15, 0.2) is 0 Å². The lowest BCUT2D eigenvalue weighted by molar-refractivity contribution is 0.563. The summed E-state index contributed by atoms with van der Waals surface area (Å²) in [5, 5.41) is 3.20. The molecule has 0 amide bonds. The first-order chi connectivity index (χ1) is 4.43. The van der Waals surface area contributed by atoms with Gasteiger partial charge in [0.05, 0.1) is 0 Å². The highest BCUT2D eigenvalue weighted by atomic mass is 14.9. The van der Waals surface area contributed by atoms with Crippen LogP contribution in [0.3, 0.4) is 0 Å². The molecule has 0 aromatic rings. The number of hydrogen-bond donors (Lipinski definition) is 1. The maximum absolute atomic E-state index is 3.20. The lowest BCUT2D eigenvalue weighted by Gasteiger charge is -2.03. The molecule has 0 saturated carbocycles. The summed E-state index contributed by atoms with van der Waals surface area (Å²) >= 11 is 0. The average Bonchev–Trinajstić information content (AvgIpc) is 2.34. The third kappa shape index (κ3) is 2.08. The summed E-state index contributed by atoms with van der Waals surface area (Å²) in [4.78, 5) is 0. The molecule has 0 aromatic heterocycles. The maximum atomic E-state index is 3.20. The summed E-state index contributed by atoms with van der Waals surface area (Å²) in [6, 6.07) is 0. The lowest BCUT2D eigenvalue weighted by Crippen LogP contribution is -2.07. The second-order valence-electron chi connectivity index (χ2n) is 2.67. The van der Waals surface area contributed by atoms with Crippen LogP contribution in [0, 0.1) is 5.92 Å². The zero-order valence-corrected chi connectivity index (χ0v) is 6.06. The third-order valence-electron chi connectivity index (χ3n) is 1.79. The Morgan fingerprint density at radius 3 is 3.11 bits per heavy atom. The fourth-order valence-electron chi connectivity index (χ4n) is 1.16. The van der Waals surface area contributed by atoms with Crippen LogP contribution < -0.4 is 5.32 Å². The van der Waals surface area contributed by atoms with Crippen molar-refractivity contribution in [2.24, 2.45) is 5.92 Å². The predicted octanol–water partition coefficient (Wildman–Crippen LogP) is 1.91. The summed E-state index contributed by atoms with van der Waals surface area (Å²) in [6.45, 7) is 3.41. The van der Waals surface area contributed by atoms with Crippen molar-refractivity contribution in [1.82, 2.24) is 5.32 Å². The molecule has 1 atom stereocenters. The molecule has 0 spiro atoms. The number of rotatable bonds is 3. The van der Waals surface area contributed by atoms with E-state index in [1.807, 2.05) is 0 Å². The van der Waals surface area contributed by atoms with Gasteiger partial charge < -0.3 is 5.32 Å². The fourth-order valence-corrected chi connectivity index (χ4v) is 1.16. The summed E-state index contributed by atoms with van der Waals surface area (Å²) in [5.74, 6) is 0.824. The molecule has 0 aromatic carbocycles. The fraction of sp³-hybridized carbons (Fsp3) is 0.750. The van der Waals surface area contributed by atoms with E-state index in [-0.39, 0.29) is 0 Å². The van der Waals surface area contributed by atoms with Crippen LogP contribution in [0.15, 0.2) is 12.3 Å². The van der Waals surface area contributed by atoms with Gasteiger partial charge >= 0.3 is 0 Å². The minimum atomic E-state index is 0.824. The number of hydrogen-bond acceptors (Lipinski definition) is 1. The average molecular weight is 125 g/mol. The van der Waals surface area contributed by atoms with Gasteiger partial charge in [0.2, 0.25) is 0 Å². The van der Waals surface area contributed by atoms with Crippen molar-refractivity contribution < 1.29 is 0 Å². The van der Waals surface area contributed by atoms with Crippen molar-refractivity contribution in [2.45, 2.75) is 26.2 Å². The van der Waals surface area contributed by atoms with Gasteiger partial charge in [-0.3, -0.25) is 0 Å². The molecule has 1 N–H and O–H groups in total. The molecule has 1 aliphatic rings. The van der Waals surface area contributed by atoms with Crippen molar-refractivity contribution in [3.8, 4) is 0 Å². The Bertz CT molecular complexity index is 96.7. The molecule has 0 saturated heterocycles. The normalized spacial score (nSPS) is 24.3. The van der Waals surface area contributed by atoms with Crippen molar-refractivity contribution in [3.05, 3.63) is 12.3 Å². The summed E-state index contributed by atoms with van der Waals surface area (Å²) in [5.41, 5.74) is 0. The standard InChI is InChI=1S/C8H15N/c1-2-3-4-8-5-6-9-7-8/h5-6,8-9H,2-4,7H2,1H3. The molecule has 9 heavy (non-hydrogen) atoms. The molecule has 52 valence electrons. The quantitative estimate of drug-likeness (QED) is 0.607. The molecule has 1 rings (SSSR count). The van der Waals surface area contributed by atoms with E-state index in [9.17, 15) is 0 Å². The summed E-state index contributed by atoms with van der Waals surface area (Å²) in [7, 11) is 0. The van der Waals surface area contributed by atoms with Crippen molar-refractivity contribution in [2.75, 3.05) is 6.54 Å². The molecule has 0 bridgehead atoms. The number of unbranched alkanes of at least 4 members (excludes halogenated alkanes) is 1. The van der Waals surface area contributed by atoms with Crippen LogP contribution in [0.25, 0.3) is 0 Å². The molecule has 0 aliphatic carbocycles. The van der Waals surface area contributed by atoms with E-state index in [0.29, 0.717) is 0 Å². The Balaban J connectivity index is 2.05. The van der Waals surface area contributed by atoms with E-state index in [1.54, 1.807) is 0 Å². The van der Waals surface area contributed by atoms with E-state index in [4.69, 9.17) is 0 Å². The first-order valence-corrected chi connectivity index (χ1v) is 3.83. The van der Waals surface area contributed by atoms with Crippen LogP contribution in [0.5, 0.6) is 0 Å². The van der Waals surface area contributed by atoms with Crippen molar-refractivity contribution in [3.63, 3.8) is 0 Å². The van der Waals surface area contributed by atoms with Crippen LogP contribution >= 0.6 is 0 Å². The highest BCUT2D eigenvalue weighted by Crippen LogP contribution is 2.11. The topological polar surface area (TPSA) is 12.0 Å². The van der Waals surface area contributed by atoms with Gasteiger partial charge in [-0.1, -0.05) is 25.8 Å². The van der Waals surface area contributed by atoms with Crippen molar-refractivity contribution in [1.29, 1.82) is 0 Å². The number of nitrogens with one attached hydrogen (secondary N) is 1. The van der Waals surface area contributed by atoms with Crippen LogP contribution in [0.2, 0.25) is 0 Å². The summed E-state index contributed by atoms with van der Waals surface area (Å²) in [6.07, 6.45) is 8.40. The Morgan fingerprint density at radius 1 is 1.67 bits per heavy atom. The van der Waals surface area contributed by atoms with Crippen LogP contribution in [0.1, 0.15) is 26.2 Å². The SMILES string of the molecule is CCCCC1C=CNC1. The van der Waals surface area contributed by atoms with Crippen LogP contribution in [-0.2, 0) is 0 Å². The lowest BCUT2D eigenvalue weighted by atomic mass is 10.0. The zero-order valence-electron chi connectivity index (χ0n) is 6.06. The van der Waals surface area contributed by atoms with Crippen molar-refractivity contribution >= 4 is 0 Å². The molecular weight excluding hydrogens is 110 g/mol. The zero-order chi connectivity index (χ0) is 6.53. The summed E-state index contributed by atoms with van der Waals surface area (Å²) < 4.78 is 0. The van der Waals surface area contributed by atoms with Crippen LogP contribution in [-0.4, -0.2) is 6.54 Å². The van der Waals surface area contributed by atoms with Gasteiger partial charge in [0, 0.05) is 6.54 Å². The molecular formula is C8H15N. The van der Waals surface area contributed by atoms with Gasteiger partial charge in [-0.15, -0.1) is 0 Å². The molecule has 1 heteroatoms. The molecule has 1 nitrogen and oxygen atoms in total. The molecule has 0 fully saturated rings. The Labute approximate surface area is 57.1 Å². The van der Waals surface area contributed by atoms with Crippen LogP contribution in [0.4, 0.5) is 0 Å². The Kier molecular flexibility index (Phi) is 2.62. The van der Waals surface area contributed by atoms with E-state index < -0.39 is 0 Å². The van der Waals surface area contributed by atoms with Gasteiger partial charge in [-0.2, -0.15) is 0 Å². The molecule has 1 aliphatic heterocycles. The highest BCUT2D eigenvalue weighted by Gasteiger charge is 2.06. The minimum absolute atomic E-state index is 0.824. The largest absolute Gasteiger partial charge is 0.391 e. The smallest absolute Gasteiger partial charge is 0.0204 e. The van der Waals surface area contributed by atoms with E-state index in [2.05, 4.69) is 24.5 Å². The first-order valence-electron chi connectivity index (χ1n) is 3.83. The predicted molar refractivity (Wildman–Crippen MR) is 40.2 cm³/mol. The van der Waals surface area contributed by atoms with Gasteiger partial charge in [0.1, 0.15) is 0 Å². The maximum Gasteiger partial charge on any atom is 0.0204 e. The monoisotopic (exact) mass is 125 g/mol. The molecule has 1 heterocycles. The van der Waals surface area contributed by atoms with Gasteiger partial charge in [-0.05, 0) is 18.5 Å². The van der Waals surface area contributed by atoms with Gasteiger partial charge in [0.25, 0.3) is 0 Å². The molecule has 1 unspecified atom stereocenters. The Hall–Kier alpha value is -0.460. The van der Waals surface area contributed by atoms with E-state index in [1.165, 1.54) is 25.8 Å². The second-order valence-corrected chi connectivity index (χ2v) is 2.67. The van der Waals surface area contributed by atoms with E-state index >= 15 is 0 Å². The Morgan fingerprint density at radius 2 is 2.56 bits per heavy atom. The second kappa shape index (κ2) is 3.54. The molecule has 0 radical (unpaired) electrons.